The van der Waals surface area contributed by atoms with Gasteiger partial charge in [0.25, 0.3) is 0 Å². The molecule has 0 fully saturated rings. The molecule has 0 radical (unpaired) electrons. The van der Waals surface area contributed by atoms with Gasteiger partial charge in [0.15, 0.2) is 0 Å². The Morgan fingerprint density at radius 3 is 2.18 bits per heavy atom. The first-order chi connectivity index (χ1) is 13.5. The van der Waals surface area contributed by atoms with E-state index >= 15 is 0 Å². The highest BCUT2D eigenvalue weighted by Crippen LogP contribution is 2.28. The standard InChI is InChI=1S/C15H17BrN2.C8H16.C2H6/c1-11(18-17)14-4-2-3-5-15(14)13-8-6-12(10-16)7-9-13;1-4-5-6-7-8(2)3;1-2/h2-9,11,18H,10,17H2,1H3;7H,4-6H2,1-3H3;1-2H3. The zero-order chi connectivity index (χ0) is 21.4. The van der Waals surface area contributed by atoms with Crippen LogP contribution in [-0.4, -0.2) is 0 Å². The van der Waals surface area contributed by atoms with Crippen molar-refractivity contribution in [3.05, 3.63) is 71.3 Å². The lowest BCUT2D eigenvalue weighted by Crippen LogP contribution is -2.25. The summed E-state index contributed by atoms with van der Waals surface area (Å²) in [5.74, 6) is 5.54. The van der Waals surface area contributed by atoms with Gasteiger partial charge in [-0.2, -0.15) is 0 Å². The average molecular weight is 448 g/mol. The molecule has 28 heavy (non-hydrogen) atoms. The number of nitrogens with two attached hydrogens (primary N) is 1. The summed E-state index contributed by atoms with van der Waals surface area (Å²) >= 11 is 3.46. The van der Waals surface area contributed by atoms with Crippen molar-refractivity contribution >= 4 is 15.9 Å². The highest BCUT2D eigenvalue weighted by Gasteiger charge is 2.09. The molecule has 0 saturated heterocycles. The van der Waals surface area contributed by atoms with Crippen LogP contribution in [0.25, 0.3) is 11.1 Å². The lowest BCUT2D eigenvalue weighted by molar-refractivity contribution is 0.604. The van der Waals surface area contributed by atoms with E-state index in [1.807, 2.05) is 19.9 Å². The zero-order valence-electron chi connectivity index (χ0n) is 18.6. The van der Waals surface area contributed by atoms with Gasteiger partial charge in [-0.1, -0.05) is 110 Å². The lowest BCUT2D eigenvalue weighted by Gasteiger charge is -2.15. The van der Waals surface area contributed by atoms with Gasteiger partial charge in [-0.3, -0.25) is 11.3 Å². The highest BCUT2D eigenvalue weighted by atomic mass is 79.9. The highest BCUT2D eigenvalue weighted by molar-refractivity contribution is 9.08. The fourth-order valence-corrected chi connectivity index (χ4v) is 2.97. The molecule has 2 aromatic carbocycles. The molecule has 0 aliphatic rings. The van der Waals surface area contributed by atoms with Crippen LogP contribution < -0.4 is 11.3 Å². The minimum atomic E-state index is 0.136. The second-order valence-electron chi connectivity index (χ2n) is 6.73. The monoisotopic (exact) mass is 446 g/mol. The SMILES string of the molecule is CC.CC(NN)c1ccccc1-c1ccc(CBr)cc1.CCCCC=C(C)C. The van der Waals surface area contributed by atoms with Crippen molar-refractivity contribution in [3.8, 4) is 11.1 Å². The minimum absolute atomic E-state index is 0.136. The second kappa shape index (κ2) is 16.5. The third-order valence-electron chi connectivity index (χ3n) is 4.21. The molecule has 0 saturated carbocycles. The van der Waals surface area contributed by atoms with Crippen LogP contribution in [0.3, 0.4) is 0 Å². The number of nitrogens with one attached hydrogen (secondary N) is 1. The van der Waals surface area contributed by atoms with Gasteiger partial charge in [0.1, 0.15) is 0 Å². The van der Waals surface area contributed by atoms with E-state index in [1.165, 1.54) is 47.1 Å². The Kier molecular flexibility index (Phi) is 15.7. The third kappa shape index (κ3) is 10.2. The number of alkyl halides is 1. The van der Waals surface area contributed by atoms with Gasteiger partial charge >= 0.3 is 0 Å². The van der Waals surface area contributed by atoms with Gasteiger partial charge in [0.05, 0.1) is 0 Å². The smallest absolute Gasteiger partial charge is 0.0437 e. The Morgan fingerprint density at radius 2 is 1.68 bits per heavy atom. The van der Waals surface area contributed by atoms with Gasteiger partial charge in [-0.05, 0) is 49.4 Å². The number of unbranched alkanes of at least 4 members (excludes halogenated alkanes) is 2. The summed E-state index contributed by atoms with van der Waals surface area (Å²) in [6.07, 6.45) is 6.21. The molecule has 2 rings (SSSR count). The van der Waals surface area contributed by atoms with E-state index in [9.17, 15) is 0 Å². The van der Waals surface area contributed by atoms with Crippen molar-refractivity contribution in [2.45, 2.75) is 72.2 Å². The van der Waals surface area contributed by atoms with Gasteiger partial charge in [-0.25, -0.2) is 0 Å². The van der Waals surface area contributed by atoms with Gasteiger partial charge in [0.2, 0.25) is 0 Å². The van der Waals surface area contributed by atoms with E-state index in [1.54, 1.807) is 0 Å². The van der Waals surface area contributed by atoms with Gasteiger partial charge in [0, 0.05) is 11.4 Å². The van der Waals surface area contributed by atoms with Crippen LogP contribution in [-0.2, 0) is 5.33 Å². The minimum Gasteiger partial charge on any atom is -0.271 e. The fraction of sp³-hybridized carbons (Fsp3) is 0.440. The predicted octanol–water partition coefficient (Wildman–Crippen LogP) is 7.94. The Balaban J connectivity index is 0.000000618. The first kappa shape index (κ1) is 26.6. The molecule has 156 valence electrons. The van der Waals surface area contributed by atoms with Crippen molar-refractivity contribution in [2.75, 3.05) is 0 Å². The summed E-state index contributed by atoms with van der Waals surface area (Å²) < 4.78 is 0. The molecule has 0 bridgehead atoms. The summed E-state index contributed by atoms with van der Waals surface area (Å²) in [4.78, 5) is 0. The molecule has 0 heterocycles. The summed E-state index contributed by atoms with van der Waals surface area (Å²) in [5.41, 5.74) is 9.19. The molecule has 1 atom stereocenters. The van der Waals surface area contributed by atoms with E-state index < -0.39 is 0 Å². The summed E-state index contributed by atoms with van der Waals surface area (Å²) in [7, 11) is 0. The van der Waals surface area contributed by atoms with Gasteiger partial charge < -0.3 is 0 Å². The van der Waals surface area contributed by atoms with Crippen molar-refractivity contribution in [1.29, 1.82) is 0 Å². The molecule has 0 aliphatic heterocycles. The third-order valence-corrected chi connectivity index (χ3v) is 4.85. The molecule has 0 spiro atoms. The van der Waals surface area contributed by atoms with Crippen molar-refractivity contribution in [2.24, 2.45) is 5.84 Å². The second-order valence-corrected chi connectivity index (χ2v) is 7.29. The van der Waals surface area contributed by atoms with Gasteiger partial charge in [-0.15, -0.1) is 0 Å². The number of hydrogen-bond acceptors (Lipinski definition) is 2. The molecule has 0 aromatic heterocycles. The number of hydrogen-bond donors (Lipinski definition) is 2. The number of allylic oxidation sites excluding steroid dienone is 2. The fourth-order valence-electron chi connectivity index (χ4n) is 2.60. The number of halogens is 1. The van der Waals surface area contributed by atoms with Crippen LogP contribution in [0.1, 0.15) is 78.0 Å². The van der Waals surface area contributed by atoms with Crippen molar-refractivity contribution < 1.29 is 0 Å². The molecule has 2 nitrogen and oxygen atoms in total. The molecular formula is C25H39BrN2. The normalized spacial score (nSPS) is 10.7. The Bertz CT molecular complexity index is 659. The summed E-state index contributed by atoms with van der Waals surface area (Å²) in [6, 6.07) is 17.1. The first-order valence-electron chi connectivity index (χ1n) is 10.4. The van der Waals surface area contributed by atoms with Crippen LogP contribution in [0.15, 0.2) is 60.2 Å². The van der Waals surface area contributed by atoms with E-state index in [2.05, 4.69) is 97.6 Å². The molecule has 2 aromatic rings. The summed E-state index contributed by atoms with van der Waals surface area (Å²) in [6.45, 7) is 12.6. The quantitative estimate of drug-likeness (QED) is 0.149. The maximum atomic E-state index is 5.54. The van der Waals surface area contributed by atoms with Crippen LogP contribution >= 0.6 is 15.9 Å². The molecule has 0 aliphatic carbocycles. The topological polar surface area (TPSA) is 38.0 Å². The first-order valence-corrected chi connectivity index (χ1v) is 11.5. The zero-order valence-corrected chi connectivity index (χ0v) is 20.1. The van der Waals surface area contributed by atoms with E-state index in [4.69, 9.17) is 5.84 Å². The Morgan fingerprint density at radius 1 is 1.07 bits per heavy atom. The maximum absolute atomic E-state index is 5.54. The average Bonchev–Trinajstić information content (AvgIpc) is 2.75. The molecular weight excluding hydrogens is 408 g/mol. The van der Waals surface area contributed by atoms with Crippen molar-refractivity contribution in [3.63, 3.8) is 0 Å². The van der Waals surface area contributed by atoms with E-state index in [0.29, 0.717) is 0 Å². The van der Waals surface area contributed by atoms with Crippen LogP contribution in [0.4, 0.5) is 0 Å². The molecule has 3 heteroatoms. The molecule has 0 amide bonds. The van der Waals surface area contributed by atoms with Crippen LogP contribution in [0.5, 0.6) is 0 Å². The maximum Gasteiger partial charge on any atom is 0.0437 e. The van der Waals surface area contributed by atoms with E-state index in [0.717, 1.165) is 5.33 Å². The molecule has 1 unspecified atom stereocenters. The lowest BCUT2D eigenvalue weighted by atomic mass is 9.95. The largest absolute Gasteiger partial charge is 0.271 e. The number of benzene rings is 2. The predicted molar refractivity (Wildman–Crippen MR) is 131 cm³/mol. The van der Waals surface area contributed by atoms with Crippen molar-refractivity contribution in [1.82, 2.24) is 5.43 Å². The number of rotatable bonds is 7. The van der Waals surface area contributed by atoms with E-state index in [-0.39, 0.29) is 6.04 Å². The Labute approximate surface area is 181 Å². The van der Waals surface area contributed by atoms with Crippen LogP contribution in [0, 0.1) is 0 Å². The molecule has 3 N–H and O–H groups in total. The summed E-state index contributed by atoms with van der Waals surface area (Å²) in [5, 5.41) is 0.885. The Hall–Kier alpha value is -1.42. The number of hydrazine groups is 1. The van der Waals surface area contributed by atoms with Crippen LogP contribution in [0.2, 0.25) is 0 Å².